The van der Waals surface area contributed by atoms with E-state index in [1.54, 1.807) is 13.0 Å². The van der Waals surface area contributed by atoms with Crippen molar-refractivity contribution in [1.82, 2.24) is 5.32 Å². The summed E-state index contributed by atoms with van der Waals surface area (Å²) in [6.07, 6.45) is 0.506. The summed E-state index contributed by atoms with van der Waals surface area (Å²) in [6.45, 7) is 2.03. The summed E-state index contributed by atoms with van der Waals surface area (Å²) < 4.78 is 34.9. The Bertz CT molecular complexity index is 530. The largest absolute Gasteiger partial charge is 0.493 e. The van der Waals surface area contributed by atoms with Crippen LogP contribution in [0.2, 0.25) is 0 Å². The van der Waals surface area contributed by atoms with Crippen LogP contribution < -0.4 is 14.8 Å². The number of aliphatic hydroxyl groups excluding tert-OH is 1. The molecule has 20 heavy (non-hydrogen) atoms. The molecule has 2 N–H and O–H groups in total. The molecule has 0 amide bonds. The van der Waals surface area contributed by atoms with Gasteiger partial charge in [-0.15, -0.1) is 0 Å². The molecule has 1 aromatic rings. The lowest BCUT2D eigenvalue weighted by atomic mass is 10.3. The van der Waals surface area contributed by atoms with Crippen molar-refractivity contribution in [3.8, 4) is 11.5 Å². The third kappa shape index (κ3) is 3.84. The molecule has 0 radical (unpaired) electrons. The number of methoxy groups -OCH3 is 2. The van der Waals surface area contributed by atoms with Crippen molar-refractivity contribution in [3.05, 3.63) is 18.2 Å². The minimum atomic E-state index is -3.51. The highest BCUT2D eigenvalue weighted by Gasteiger charge is 2.24. The van der Waals surface area contributed by atoms with Gasteiger partial charge in [-0.1, -0.05) is 0 Å². The van der Waals surface area contributed by atoms with Crippen LogP contribution in [-0.2, 0) is 9.84 Å². The van der Waals surface area contributed by atoms with Gasteiger partial charge in [-0.25, -0.2) is 8.42 Å². The summed E-state index contributed by atoms with van der Waals surface area (Å²) in [6, 6.07) is 4.49. The highest BCUT2D eigenvalue weighted by molar-refractivity contribution is 7.92. The number of hydrogen-bond acceptors (Lipinski definition) is 6. The first-order chi connectivity index (χ1) is 9.47. The van der Waals surface area contributed by atoms with Gasteiger partial charge in [0, 0.05) is 12.7 Å². The molecule has 0 aliphatic carbocycles. The van der Waals surface area contributed by atoms with Crippen molar-refractivity contribution in [1.29, 1.82) is 0 Å². The smallest absolute Gasteiger partial charge is 0.194 e. The first-order valence-electron chi connectivity index (χ1n) is 6.27. The second-order valence-electron chi connectivity index (χ2n) is 4.24. The average Bonchev–Trinajstić information content (AvgIpc) is 2.46. The predicted octanol–water partition coefficient (Wildman–Crippen LogP) is 0.795. The van der Waals surface area contributed by atoms with Crippen LogP contribution in [0.3, 0.4) is 0 Å². The van der Waals surface area contributed by atoms with E-state index in [1.807, 2.05) is 0 Å². The van der Waals surface area contributed by atoms with Crippen LogP contribution in [0.15, 0.2) is 23.1 Å². The van der Waals surface area contributed by atoms with Gasteiger partial charge in [0.15, 0.2) is 21.3 Å². The molecule has 1 atom stereocenters. The van der Waals surface area contributed by atoms with Gasteiger partial charge in [0.1, 0.15) is 5.37 Å². The number of rotatable bonds is 8. The maximum absolute atomic E-state index is 12.4. The molecule has 0 saturated carbocycles. The van der Waals surface area contributed by atoms with Crippen LogP contribution in [0.5, 0.6) is 11.5 Å². The van der Waals surface area contributed by atoms with Crippen LogP contribution in [-0.4, -0.2) is 46.3 Å². The fraction of sp³-hybridized carbons (Fsp3) is 0.538. The standard InChI is InChI=1S/C13H21NO5S/c1-10(14-7-4-8-15)20(16,17)11-5-6-12(18-2)13(9-11)19-3/h5-6,9-10,14-15H,4,7-8H2,1-3H3. The van der Waals surface area contributed by atoms with Crippen molar-refractivity contribution in [3.63, 3.8) is 0 Å². The first-order valence-corrected chi connectivity index (χ1v) is 7.82. The molecule has 0 saturated heterocycles. The van der Waals surface area contributed by atoms with Crippen molar-refractivity contribution < 1.29 is 23.0 Å². The van der Waals surface area contributed by atoms with E-state index in [9.17, 15) is 8.42 Å². The Morgan fingerprint density at radius 3 is 2.45 bits per heavy atom. The number of aliphatic hydroxyl groups is 1. The molecule has 0 aliphatic rings. The zero-order chi connectivity index (χ0) is 15.2. The molecule has 1 aromatic carbocycles. The van der Waals surface area contributed by atoms with Gasteiger partial charge in [-0.05, 0) is 32.0 Å². The lowest BCUT2D eigenvalue weighted by molar-refractivity contribution is 0.285. The molecule has 0 heterocycles. The number of ether oxygens (including phenoxy) is 2. The van der Waals surface area contributed by atoms with Crippen LogP contribution in [0.25, 0.3) is 0 Å². The fourth-order valence-corrected chi connectivity index (χ4v) is 2.97. The second-order valence-corrected chi connectivity index (χ2v) is 6.50. The van der Waals surface area contributed by atoms with Gasteiger partial charge in [0.05, 0.1) is 19.1 Å². The lowest BCUT2D eigenvalue weighted by Crippen LogP contribution is -2.35. The first kappa shape index (κ1) is 16.7. The Kier molecular flexibility index (Phi) is 6.25. The van der Waals surface area contributed by atoms with Crippen LogP contribution >= 0.6 is 0 Å². The van der Waals surface area contributed by atoms with Crippen molar-refractivity contribution in [2.75, 3.05) is 27.4 Å². The van der Waals surface area contributed by atoms with E-state index in [0.717, 1.165) is 0 Å². The number of sulfone groups is 1. The molecule has 0 aliphatic heterocycles. The highest BCUT2D eigenvalue weighted by atomic mass is 32.2. The van der Waals surface area contributed by atoms with Gasteiger partial charge < -0.3 is 19.9 Å². The Morgan fingerprint density at radius 1 is 1.25 bits per heavy atom. The molecule has 1 unspecified atom stereocenters. The van der Waals surface area contributed by atoms with Gasteiger partial charge >= 0.3 is 0 Å². The zero-order valence-corrected chi connectivity index (χ0v) is 12.7. The summed E-state index contributed by atoms with van der Waals surface area (Å²) in [5.41, 5.74) is 0. The minimum Gasteiger partial charge on any atom is -0.493 e. The van der Waals surface area contributed by atoms with E-state index in [4.69, 9.17) is 14.6 Å². The Labute approximate surface area is 119 Å². The normalized spacial score (nSPS) is 13.0. The summed E-state index contributed by atoms with van der Waals surface area (Å²) in [5, 5.41) is 10.8. The van der Waals surface area contributed by atoms with E-state index in [0.29, 0.717) is 24.5 Å². The predicted molar refractivity (Wildman–Crippen MR) is 75.9 cm³/mol. The highest BCUT2D eigenvalue weighted by Crippen LogP contribution is 2.30. The number of benzene rings is 1. The van der Waals surface area contributed by atoms with Crippen molar-refractivity contribution >= 4 is 9.84 Å². The zero-order valence-electron chi connectivity index (χ0n) is 11.9. The topological polar surface area (TPSA) is 84.9 Å². The SMILES string of the molecule is COc1ccc(S(=O)(=O)C(C)NCCCO)cc1OC. The fourth-order valence-electron chi connectivity index (χ4n) is 1.69. The number of nitrogens with one attached hydrogen (secondary N) is 1. The van der Waals surface area contributed by atoms with Gasteiger partial charge in [0.25, 0.3) is 0 Å². The van der Waals surface area contributed by atoms with E-state index in [1.165, 1.54) is 26.4 Å². The molecule has 6 nitrogen and oxygen atoms in total. The molecule has 7 heteroatoms. The summed E-state index contributed by atoms with van der Waals surface area (Å²) in [7, 11) is -0.559. The van der Waals surface area contributed by atoms with Gasteiger partial charge in [-0.3, -0.25) is 0 Å². The van der Waals surface area contributed by atoms with Gasteiger partial charge in [0.2, 0.25) is 0 Å². The van der Waals surface area contributed by atoms with Crippen molar-refractivity contribution in [2.24, 2.45) is 0 Å². The molecule has 1 rings (SSSR count). The van der Waals surface area contributed by atoms with E-state index in [2.05, 4.69) is 5.32 Å². The van der Waals surface area contributed by atoms with E-state index in [-0.39, 0.29) is 11.5 Å². The molecular formula is C13H21NO5S. The molecular weight excluding hydrogens is 282 g/mol. The number of hydrogen-bond donors (Lipinski definition) is 2. The molecule has 0 spiro atoms. The van der Waals surface area contributed by atoms with Crippen LogP contribution in [0.1, 0.15) is 13.3 Å². The molecule has 0 fully saturated rings. The Balaban J connectivity index is 2.97. The minimum absolute atomic E-state index is 0.0239. The maximum atomic E-state index is 12.4. The molecule has 0 aromatic heterocycles. The van der Waals surface area contributed by atoms with E-state index < -0.39 is 15.2 Å². The second kappa shape index (κ2) is 7.47. The Hall–Kier alpha value is -1.31. The van der Waals surface area contributed by atoms with E-state index >= 15 is 0 Å². The summed E-state index contributed by atoms with van der Waals surface area (Å²) in [5.74, 6) is 0.850. The molecule has 114 valence electrons. The monoisotopic (exact) mass is 303 g/mol. The van der Waals surface area contributed by atoms with Crippen LogP contribution in [0.4, 0.5) is 0 Å². The Morgan fingerprint density at radius 2 is 1.90 bits per heavy atom. The average molecular weight is 303 g/mol. The quantitative estimate of drug-likeness (QED) is 0.691. The summed E-state index contributed by atoms with van der Waals surface area (Å²) >= 11 is 0. The summed E-state index contributed by atoms with van der Waals surface area (Å²) in [4.78, 5) is 0.166. The third-order valence-electron chi connectivity index (χ3n) is 2.92. The maximum Gasteiger partial charge on any atom is 0.194 e. The molecule has 0 bridgehead atoms. The van der Waals surface area contributed by atoms with Gasteiger partial charge in [-0.2, -0.15) is 0 Å². The lowest BCUT2D eigenvalue weighted by Gasteiger charge is -2.16. The van der Waals surface area contributed by atoms with Crippen LogP contribution in [0, 0.1) is 0 Å². The third-order valence-corrected chi connectivity index (χ3v) is 4.92. The van der Waals surface area contributed by atoms with Crippen molar-refractivity contribution in [2.45, 2.75) is 23.6 Å².